The van der Waals surface area contributed by atoms with Gasteiger partial charge in [-0.15, -0.1) is 5.10 Å². The van der Waals surface area contributed by atoms with Crippen LogP contribution in [0.3, 0.4) is 0 Å². The molecule has 3 nitrogen and oxygen atoms in total. The third-order valence-electron chi connectivity index (χ3n) is 3.04. The molecule has 17 heavy (non-hydrogen) atoms. The molecule has 4 heteroatoms. The van der Waals surface area contributed by atoms with Crippen molar-refractivity contribution in [1.29, 1.82) is 0 Å². The number of hydrogen-bond acceptors (Lipinski definition) is 2. The summed E-state index contributed by atoms with van der Waals surface area (Å²) in [5.74, 6) is 0. The molecule has 0 bridgehead atoms. The van der Waals surface area contributed by atoms with Crippen molar-refractivity contribution in [1.82, 2.24) is 15.0 Å². The molecule has 0 aliphatic heterocycles. The molecule has 0 fully saturated rings. The summed E-state index contributed by atoms with van der Waals surface area (Å²) >= 11 is 6.20. The predicted octanol–water partition coefficient (Wildman–Crippen LogP) is 3.16. The smallest absolute Gasteiger partial charge is 0.0825 e. The molecule has 0 spiro atoms. The minimum Gasteiger partial charge on any atom is -0.245 e. The first-order valence-electron chi connectivity index (χ1n) is 5.75. The Kier molecular flexibility index (Phi) is 3.48. The van der Waals surface area contributed by atoms with E-state index in [1.165, 1.54) is 5.56 Å². The molecule has 0 amide bonds. The molecule has 1 aromatic carbocycles. The number of benzene rings is 1. The van der Waals surface area contributed by atoms with Crippen LogP contribution in [0.1, 0.15) is 29.4 Å². The van der Waals surface area contributed by atoms with Crippen LogP contribution in [0, 0.1) is 13.8 Å². The van der Waals surface area contributed by atoms with Crippen molar-refractivity contribution >= 4 is 11.6 Å². The molecule has 0 aliphatic rings. The van der Waals surface area contributed by atoms with Crippen LogP contribution in [0.25, 0.3) is 0 Å². The maximum Gasteiger partial charge on any atom is 0.0825 e. The Balaban J connectivity index is 2.25. The molecule has 90 valence electrons. The lowest BCUT2D eigenvalue weighted by Crippen LogP contribution is -2.04. The van der Waals surface area contributed by atoms with E-state index >= 15 is 0 Å². The molecule has 0 saturated carbocycles. The van der Waals surface area contributed by atoms with Crippen molar-refractivity contribution in [2.75, 3.05) is 0 Å². The summed E-state index contributed by atoms with van der Waals surface area (Å²) in [5.41, 5.74) is 4.41. The van der Waals surface area contributed by atoms with Gasteiger partial charge in [0.15, 0.2) is 0 Å². The zero-order chi connectivity index (χ0) is 12.4. The van der Waals surface area contributed by atoms with Crippen LogP contribution in [0.2, 0.25) is 5.02 Å². The average molecular weight is 250 g/mol. The van der Waals surface area contributed by atoms with E-state index < -0.39 is 0 Å². The molecule has 1 aromatic heterocycles. The highest BCUT2D eigenvalue weighted by Crippen LogP contribution is 2.19. The molecular formula is C13H16ClN3. The Morgan fingerprint density at radius 1 is 1.29 bits per heavy atom. The van der Waals surface area contributed by atoms with Gasteiger partial charge < -0.3 is 0 Å². The molecular weight excluding hydrogens is 234 g/mol. The van der Waals surface area contributed by atoms with Gasteiger partial charge in [0, 0.05) is 5.02 Å². The van der Waals surface area contributed by atoms with Crippen LogP contribution in [0.4, 0.5) is 0 Å². The van der Waals surface area contributed by atoms with Crippen molar-refractivity contribution < 1.29 is 0 Å². The second kappa shape index (κ2) is 4.88. The highest BCUT2D eigenvalue weighted by molar-refractivity contribution is 6.31. The lowest BCUT2D eigenvalue weighted by Gasteiger charge is -2.06. The molecule has 0 atom stereocenters. The van der Waals surface area contributed by atoms with Gasteiger partial charge in [-0.25, -0.2) is 4.68 Å². The van der Waals surface area contributed by atoms with Crippen LogP contribution in [0.15, 0.2) is 18.2 Å². The van der Waals surface area contributed by atoms with E-state index in [2.05, 4.69) is 29.4 Å². The third kappa shape index (κ3) is 2.50. The second-order valence-corrected chi connectivity index (χ2v) is 4.60. The Morgan fingerprint density at radius 2 is 2.06 bits per heavy atom. The fraction of sp³-hybridized carbons (Fsp3) is 0.385. The predicted molar refractivity (Wildman–Crippen MR) is 69.4 cm³/mol. The Bertz CT molecular complexity index is 531. The van der Waals surface area contributed by atoms with Gasteiger partial charge in [0.05, 0.1) is 17.9 Å². The van der Waals surface area contributed by atoms with E-state index in [1.807, 2.05) is 24.6 Å². The zero-order valence-electron chi connectivity index (χ0n) is 10.4. The monoisotopic (exact) mass is 249 g/mol. The number of aryl methyl sites for hydroxylation is 2. The normalized spacial score (nSPS) is 10.8. The highest BCUT2D eigenvalue weighted by Gasteiger charge is 2.06. The topological polar surface area (TPSA) is 30.7 Å². The van der Waals surface area contributed by atoms with Crippen LogP contribution >= 0.6 is 11.6 Å². The summed E-state index contributed by atoms with van der Waals surface area (Å²) < 4.78 is 1.90. The molecule has 0 radical (unpaired) electrons. The summed E-state index contributed by atoms with van der Waals surface area (Å²) in [5, 5.41) is 8.99. The van der Waals surface area contributed by atoms with Crippen LogP contribution in [-0.2, 0) is 13.0 Å². The summed E-state index contributed by atoms with van der Waals surface area (Å²) in [6.45, 7) is 6.81. The van der Waals surface area contributed by atoms with Crippen molar-refractivity contribution in [2.45, 2.75) is 33.7 Å². The summed E-state index contributed by atoms with van der Waals surface area (Å²) in [6, 6.07) is 6.19. The van der Waals surface area contributed by atoms with Gasteiger partial charge in [0.2, 0.25) is 0 Å². The lowest BCUT2D eigenvalue weighted by molar-refractivity contribution is 0.633. The first kappa shape index (κ1) is 12.1. The zero-order valence-corrected chi connectivity index (χ0v) is 11.1. The Labute approximate surface area is 106 Å². The van der Waals surface area contributed by atoms with Crippen LogP contribution < -0.4 is 0 Å². The first-order valence-corrected chi connectivity index (χ1v) is 6.13. The molecule has 0 saturated heterocycles. The van der Waals surface area contributed by atoms with Crippen molar-refractivity contribution in [3.8, 4) is 0 Å². The van der Waals surface area contributed by atoms with Gasteiger partial charge in [-0.2, -0.15) is 0 Å². The molecule has 0 unspecified atom stereocenters. The highest BCUT2D eigenvalue weighted by atomic mass is 35.5. The number of aromatic nitrogens is 3. The quantitative estimate of drug-likeness (QED) is 0.837. The molecule has 0 aliphatic carbocycles. The van der Waals surface area contributed by atoms with Crippen molar-refractivity contribution in [2.24, 2.45) is 0 Å². The molecule has 2 aromatic rings. The second-order valence-electron chi connectivity index (χ2n) is 4.20. The van der Waals surface area contributed by atoms with Crippen LogP contribution in [-0.4, -0.2) is 15.0 Å². The minimum absolute atomic E-state index is 0.719. The number of hydrogen-bond donors (Lipinski definition) is 0. The Morgan fingerprint density at radius 3 is 2.59 bits per heavy atom. The number of rotatable bonds is 3. The fourth-order valence-corrected chi connectivity index (χ4v) is 2.08. The van der Waals surface area contributed by atoms with E-state index in [9.17, 15) is 0 Å². The number of nitrogens with zero attached hydrogens (tertiary/aromatic N) is 3. The molecule has 0 N–H and O–H groups in total. The molecule has 1 heterocycles. The summed E-state index contributed by atoms with van der Waals surface area (Å²) in [6.07, 6.45) is 0.959. The molecule has 2 rings (SSSR count). The standard InChI is InChI=1S/C13H16ClN3/c1-4-12-6-5-11(7-13(12)14)8-17-10(3)9(2)15-16-17/h5-7H,4,8H2,1-3H3. The SMILES string of the molecule is CCc1ccc(Cn2nnc(C)c2C)cc1Cl. The minimum atomic E-state index is 0.719. The van der Waals surface area contributed by atoms with Gasteiger partial charge >= 0.3 is 0 Å². The van der Waals surface area contributed by atoms with E-state index in [4.69, 9.17) is 11.6 Å². The fourth-order valence-electron chi connectivity index (χ4n) is 1.75. The van der Waals surface area contributed by atoms with Crippen molar-refractivity contribution in [3.05, 3.63) is 45.7 Å². The van der Waals surface area contributed by atoms with E-state index in [0.717, 1.165) is 34.9 Å². The van der Waals surface area contributed by atoms with E-state index in [-0.39, 0.29) is 0 Å². The van der Waals surface area contributed by atoms with E-state index in [0.29, 0.717) is 0 Å². The van der Waals surface area contributed by atoms with Gasteiger partial charge in [-0.1, -0.05) is 35.9 Å². The van der Waals surface area contributed by atoms with Gasteiger partial charge in [0.1, 0.15) is 0 Å². The van der Waals surface area contributed by atoms with Crippen LogP contribution in [0.5, 0.6) is 0 Å². The lowest BCUT2D eigenvalue weighted by atomic mass is 10.1. The largest absolute Gasteiger partial charge is 0.245 e. The van der Waals surface area contributed by atoms with Gasteiger partial charge in [-0.3, -0.25) is 0 Å². The summed E-state index contributed by atoms with van der Waals surface area (Å²) in [7, 11) is 0. The first-order chi connectivity index (χ1) is 8.11. The summed E-state index contributed by atoms with van der Waals surface area (Å²) in [4.78, 5) is 0. The maximum absolute atomic E-state index is 6.20. The number of halogens is 1. The average Bonchev–Trinajstić information content (AvgIpc) is 2.61. The van der Waals surface area contributed by atoms with Crippen molar-refractivity contribution in [3.63, 3.8) is 0 Å². The van der Waals surface area contributed by atoms with E-state index in [1.54, 1.807) is 0 Å². The maximum atomic E-state index is 6.20. The Hall–Kier alpha value is -1.35. The van der Waals surface area contributed by atoms with Gasteiger partial charge in [0.25, 0.3) is 0 Å². The third-order valence-corrected chi connectivity index (χ3v) is 3.40. The van der Waals surface area contributed by atoms with Gasteiger partial charge in [-0.05, 0) is 37.5 Å².